The number of aryl methyl sites for hydroxylation is 2. The van der Waals surface area contributed by atoms with Crippen molar-refractivity contribution in [1.82, 2.24) is 41.2 Å². The van der Waals surface area contributed by atoms with Crippen LogP contribution >= 0.6 is 0 Å². The van der Waals surface area contributed by atoms with E-state index >= 15 is 0 Å². The van der Waals surface area contributed by atoms with Crippen LogP contribution in [0.15, 0.2) is 48.5 Å². The molecule has 2 heterocycles. The first-order chi connectivity index (χ1) is 12.8. The Hall–Kier alpha value is -3.42. The molecule has 132 valence electrons. The molecule has 4 rings (SSSR count). The van der Waals surface area contributed by atoms with Gasteiger partial charge in [-0.15, -0.1) is 20.4 Å². The quantitative estimate of drug-likeness (QED) is 0.587. The Morgan fingerprint density at radius 1 is 0.615 bits per heavy atom. The van der Waals surface area contributed by atoms with Crippen LogP contribution in [0.5, 0.6) is 0 Å². The summed E-state index contributed by atoms with van der Waals surface area (Å²) in [6.45, 7) is 4.26. The zero-order chi connectivity index (χ0) is 18.2. The van der Waals surface area contributed by atoms with Crippen LogP contribution in [0, 0.1) is 0 Å². The van der Waals surface area contributed by atoms with E-state index in [0.29, 0.717) is 11.6 Å². The summed E-state index contributed by atoms with van der Waals surface area (Å²) in [5, 5.41) is 27.4. The molecule has 0 amide bonds. The fourth-order valence-electron chi connectivity index (χ4n) is 2.35. The van der Waals surface area contributed by atoms with E-state index in [1.54, 1.807) is 0 Å². The second kappa shape index (κ2) is 8.61. The molecule has 0 bridgehead atoms. The van der Waals surface area contributed by atoms with Gasteiger partial charge in [-0.3, -0.25) is 0 Å². The lowest BCUT2D eigenvalue weighted by Gasteiger charge is -1.96. The van der Waals surface area contributed by atoms with Crippen LogP contribution in [-0.2, 0) is 12.8 Å². The molecule has 2 aromatic heterocycles. The maximum Gasteiger partial charge on any atom is 0.204 e. The van der Waals surface area contributed by atoms with Gasteiger partial charge < -0.3 is 0 Å². The van der Waals surface area contributed by atoms with Crippen molar-refractivity contribution >= 4 is 0 Å². The number of hydrogen-bond donors (Lipinski definition) is 2. The molecule has 2 N–H and O–H groups in total. The van der Waals surface area contributed by atoms with Crippen LogP contribution in [0.3, 0.4) is 0 Å². The van der Waals surface area contributed by atoms with Crippen LogP contribution in [0.2, 0.25) is 0 Å². The summed E-state index contributed by atoms with van der Waals surface area (Å²) in [5.41, 5.74) is 4.61. The Morgan fingerprint density at radius 2 is 1.00 bits per heavy atom. The average molecular weight is 348 g/mol. The summed E-state index contributed by atoms with van der Waals surface area (Å²) < 4.78 is 0. The first-order valence-electron chi connectivity index (χ1n) is 8.45. The first kappa shape index (κ1) is 17.4. The topological polar surface area (TPSA) is 109 Å². The number of benzene rings is 2. The number of nitrogens with zero attached hydrogens (tertiary/aromatic N) is 6. The van der Waals surface area contributed by atoms with Gasteiger partial charge in [0.2, 0.25) is 11.6 Å². The van der Waals surface area contributed by atoms with E-state index < -0.39 is 0 Å². The molecule has 26 heavy (non-hydrogen) atoms. The van der Waals surface area contributed by atoms with E-state index in [9.17, 15) is 0 Å². The molecule has 4 aromatic rings. The van der Waals surface area contributed by atoms with Gasteiger partial charge in [-0.05, 0) is 34.4 Å². The summed E-state index contributed by atoms with van der Waals surface area (Å²) in [4.78, 5) is 0. The zero-order valence-electron chi connectivity index (χ0n) is 14.7. The maximum atomic E-state index is 3.89. The van der Waals surface area contributed by atoms with Crippen molar-refractivity contribution in [3.8, 4) is 22.8 Å². The second-order valence-electron chi connectivity index (χ2n) is 5.57. The SMILES string of the molecule is CCc1ccc(-c2nn[nH]n2)cc1.CCc1ccc(-c2nn[nH]n2)cc1. The van der Waals surface area contributed by atoms with E-state index in [1.165, 1.54) is 11.1 Å². The van der Waals surface area contributed by atoms with E-state index in [-0.39, 0.29) is 0 Å². The normalized spacial score (nSPS) is 10.2. The van der Waals surface area contributed by atoms with Crippen molar-refractivity contribution in [2.75, 3.05) is 0 Å². The van der Waals surface area contributed by atoms with Gasteiger partial charge in [0.1, 0.15) is 0 Å². The molecular formula is C18H20N8. The van der Waals surface area contributed by atoms with Crippen molar-refractivity contribution in [2.45, 2.75) is 26.7 Å². The minimum absolute atomic E-state index is 0.641. The maximum absolute atomic E-state index is 3.89. The Balaban J connectivity index is 0.000000151. The van der Waals surface area contributed by atoms with E-state index in [4.69, 9.17) is 0 Å². The Labute approximate surface area is 151 Å². The molecular weight excluding hydrogens is 328 g/mol. The van der Waals surface area contributed by atoms with Gasteiger partial charge in [-0.25, -0.2) is 0 Å². The van der Waals surface area contributed by atoms with Gasteiger partial charge in [0.25, 0.3) is 0 Å². The number of aromatic nitrogens is 8. The molecule has 0 unspecified atom stereocenters. The van der Waals surface area contributed by atoms with E-state index in [0.717, 1.165) is 24.0 Å². The largest absolute Gasteiger partial charge is 0.204 e. The van der Waals surface area contributed by atoms with Gasteiger partial charge in [-0.2, -0.15) is 10.4 Å². The highest BCUT2D eigenvalue weighted by Crippen LogP contribution is 2.14. The summed E-state index contributed by atoms with van der Waals surface area (Å²) in [7, 11) is 0. The Kier molecular flexibility index (Phi) is 5.76. The lowest BCUT2D eigenvalue weighted by atomic mass is 10.1. The predicted molar refractivity (Wildman–Crippen MR) is 98.0 cm³/mol. The number of tetrazole rings is 2. The molecule has 2 aromatic carbocycles. The van der Waals surface area contributed by atoms with Crippen molar-refractivity contribution in [2.24, 2.45) is 0 Å². The highest BCUT2D eigenvalue weighted by Gasteiger charge is 2.01. The van der Waals surface area contributed by atoms with Crippen molar-refractivity contribution in [1.29, 1.82) is 0 Å². The summed E-state index contributed by atoms with van der Waals surface area (Å²) in [6, 6.07) is 16.3. The average Bonchev–Trinajstić information content (AvgIpc) is 3.43. The van der Waals surface area contributed by atoms with Crippen molar-refractivity contribution in [3.63, 3.8) is 0 Å². The monoisotopic (exact) mass is 348 g/mol. The van der Waals surface area contributed by atoms with Gasteiger partial charge in [0, 0.05) is 11.1 Å². The number of rotatable bonds is 4. The minimum atomic E-state index is 0.641. The lowest BCUT2D eigenvalue weighted by Crippen LogP contribution is -1.83. The number of aromatic amines is 2. The van der Waals surface area contributed by atoms with Gasteiger partial charge in [-0.1, -0.05) is 62.4 Å². The molecule has 8 heteroatoms. The molecule has 0 spiro atoms. The highest BCUT2D eigenvalue weighted by atomic mass is 15.5. The van der Waals surface area contributed by atoms with Crippen LogP contribution in [0.1, 0.15) is 25.0 Å². The van der Waals surface area contributed by atoms with Gasteiger partial charge in [0.15, 0.2) is 0 Å². The smallest absolute Gasteiger partial charge is 0.177 e. The fraction of sp³-hybridized carbons (Fsp3) is 0.222. The molecule has 0 fully saturated rings. The molecule has 0 aliphatic rings. The molecule has 8 nitrogen and oxygen atoms in total. The third kappa shape index (κ3) is 4.35. The standard InChI is InChI=1S/2C9H10N4/c2*1-2-7-3-5-8(6-4-7)9-10-12-13-11-9/h2*3-6H,2H2,1H3,(H,10,11,12,13). The number of nitrogens with one attached hydrogen (secondary N) is 2. The molecule has 0 aliphatic carbocycles. The summed E-state index contributed by atoms with van der Waals surface area (Å²) in [5.74, 6) is 1.28. The second-order valence-corrected chi connectivity index (χ2v) is 5.57. The number of hydrogen-bond acceptors (Lipinski definition) is 6. The fourth-order valence-corrected chi connectivity index (χ4v) is 2.35. The summed E-state index contributed by atoms with van der Waals surface area (Å²) in [6.07, 6.45) is 2.10. The third-order valence-electron chi connectivity index (χ3n) is 3.93. The van der Waals surface area contributed by atoms with Crippen LogP contribution in [0.25, 0.3) is 22.8 Å². The Morgan fingerprint density at radius 3 is 1.27 bits per heavy atom. The molecule has 0 aliphatic heterocycles. The molecule has 0 atom stereocenters. The molecule has 0 saturated carbocycles. The molecule has 0 radical (unpaired) electrons. The lowest BCUT2D eigenvalue weighted by molar-refractivity contribution is 0.881. The molecule has 0 saturated heterocycles. The zero-order valence-corrected chi connectivity index (χ0v) is 14.7. The highest BCUT2D eigenvalue weighted by molar-refractivity contribution is 5.54. The van der Waals surface area contributed by atoms with Crippen molar-refractivity contribution in [3.05, 3.63) is 59.7 Å². The number of H-pyrrole nitrogens is 2. The van der Waals surface area contributed by atoms with Crippen LogP contribution in [-0.4, -0.2) is 41.2 Å². The van der Waals surface area contributed by atoms with Crippen molar-refractivity contribution < 1.29 is 0 Å². The minimum Gasteiger partial charge on any atom is -0.177 e. The Bertz CT molecular complexity index is 804. The van der Waals surface area contributed by atoms with E-state index in [2.05, 4.69) is 79.4 Å². The third-order valence-corrected chi connectivity index (χ3v) is 3.93. The first-order valence-corrected chi connectivity index (χ1v) is 8.45. The van der Waals surface area contributed by atoms with Crippen LogP contribution < -0.4 is 0 Å². The van der Waals surface area contributed by atoms with Crippen LogP contribution in [0.4, 0.5) is 0 Å². The van der Waals surface area contributed by atoms with Gasteiger partial charge >= 0.3 is 0 Å². The van der Waals surface area contributed by atoms with Gasteiger partial charge in [0.05, 0.1) is 0 Å². The predicted octanol–water partition coefficient (Wildman–Crippen LogP) is 2.86. The summed E-state index contributed by atoms with van der Waals surface area (Å²) >= 11 is 0. The van der Waals surface area contributed by atoms with E-state index in [1.807, 2.05) is 24.3 Å².